The fourth-order valence-electron chi connectivity index (χ4n) is 5.04. The SMILES string of the molecule is N=C(N)c1ccc2c(c1)N(Cc1ccc(C(N)=O)cc1)C(C(=O)Nc1cccc(N3CCCC3)c1)C2. The Balaban J connectivity index is 1.41. The van der Waals surface area contributed by atoms with Gasteiger partial charge in [0, 0.05) is 54.2 Å². The molecule has 6 N–H and O–H groups in total. The van der Waals surface area contributed by atoms with Crippen molar-refractivity contribution in [3.8, 4) is 0 Å². The summed E-state index contributed by atoms with van der Waals surface area (Å²) in [5.41, 5.74) is 16.9. The molecule has 1 atom stereocenters. The predicted octanol–water partition coefficient (Wildman–Crippen LogP) is 3.24. The third kappa shape index (κ3) is 4.75. The standard InChI is InChI=1S/C28H30N6O2/c29-26(30)21-11-10-20-14-25(28(36)32-22-4-3-5-23(16-22)33-12-1-2-13-33)34(24(20)15-21)17-18-6-8-19(9-7-18)27(31)35/h3-11,15-16,25H,1-2,12-14,17H2,(H3,29,30)(H2,31,35)(H,32,36). The highest BCUT2D eigenvalue weighted by molar-refractivity contribution is 6.00. The van der Waals surface area contributed by atoms with Crippen LogP contribution in [0.2, 0.25) is 0 Å². The maximum atomic E-state index is 13.6. The summed E-state index contributed by atoms with van der Waals surface area (Å²) in [6.07, 6.45) is 2.92. The lowest BCUT2D eigenvalue weighted by Gasteiger charge is -2.27. The molecular formula is C28H30N6O2. The number of nitrogen functional groups attached to an aromatic ring is 1. The summed E-state index contributed by atoms with van der Waals surface area (Å²) in [6.45, 7) is 2.53. The summed E-state index contributed by atoms with van der Waals surface area (Å²) in [6, 6.07) is 20.3. The molecule has 2 amide bonds. The first kappa shape index (κ1) is 23.4. The van der Waals surface area contributed by atoms with Crippen molar-refractivity contribution < 1.29 is 9.59 Å². The van der Waals surface area contributed by atoms with Crippen LogP contribution in [0.4, 0.5) is 17.1 Å². The van der Waals surface area contributed by atoms with Crippen molar-refractivity contribution in [3.63, 3.8) is 0 Å². The van der Waals surface area contributed by atoms with Crippen LogP contribution in [0.15, 0.2) is 66.7 Å². The van der Waals surface area contributed by atoms with E-state index in [1.54, 1.807) is 12.1 Å². The topological polar surface area (TPSA) is 129 Å². The van der Waals surface area contributed by atoms with E-state index in [0.29, 0.717) is 24.1 Å². The Hall–Kier alpha value is -4.33. The molecule has 2 aliphatic rings. The van der Waals surface area contributed by atoms with E-state index in [4.69, 9.17) is 16.9 Å². The number of amidine groups is 1. The van der Waals surface area contributed by atoms with Gasteiger partial charge in [0.1, 0.15) is 11.9 Å². The zero-order valence-corrected chi connectivity index (χ0v) is 20.0. The van der Waals surface area contributed by atoms with Crippen molar-refractivity contribution in [1.29, 1.82) is 5.41 Å². The van der Waals surface area contributed by atoms with Crippen LogP contribution in [0.25, 0.3) is 0 Å². The van der Waals surface area contributed by atoms with Gasteiger partial charge in [-0.05, 0) is 60.4 Å². The van der Waals surface area contributed by atoms with Crippen LogP contribution in [0, 0.1) is 5.41 Å². The van der Waals surface area contributed by atoms with E-state index in [0.717, 1.165) is 41.3 Å². The van der Waals surface area contributed by atoms with Gasteiger partial charge in [0.05, 0.1) is 0 Å². The Morgan fingerprint density at radius 2 is 1.67 bits per heavy atom. The number of carbonyl (C=O) groups is 2. The second-order valence-corrected chi connectivity index (χ2v) is 9.40. The van der Waals surface area contributed by atoms with Crippen LogP contribution < -0.4 is 26.6 Å². The highest BCUT2D eigenvalue weighted by Crippen LogP contribution is 2.35. The van der Waals surface area contributed by atoms with Gasteiger partial charge in [0.2, 0.25) is 11.8 Å². The van der Waals surface area contributed by atoms with Crippen LogP contribution in [0.5, 0.6) is 0 Å². The van der Waals surface area contributed by atoms with Gasteiger partial charge in [-0.25, -0.2) is 0 Å². The first-order chi connectivity index (χ1) is 17.4. The number of nitrogens with one attached hydrogen (secondary N) is 2. The molecule has 3 aromatic carbocycles. The number of nitrogens with zero attached hydrogens (tertiary/aromatic N) is 2. The van der Waals surface area contributed by atoms with E-state index in [-0.39, 0.29) is 11.7 Å². The number of primary amides is 1. The third-order valence-electron chi connectivity index (χ3n) is 6.97. The Bertz CT molecular complexity index is 1310. The van der Waals surface area contributed by atoms with Gasteiger partial charge in [-0.15, -0.1) is 0 Å². The van der Waals surface area contributed by atoms with Gasteiger partial charge in [-0.1, -0.05) is 30.3 Å². The summed E-state index contributed by atoms with van der Waals surface area (Å²) in [4.78, 5) is 29.4. The number of hydrogen-bond donors (Lipinski definition) is 4. The van der Waals surface area contributed by atoms with Crippen molar-refractivity contribution >= 4 is 34.7 Å². The minimum atomic E-state index is -0.479. The van der Waals surface area contributed by atoms with Crippen LogP contribution in [0.3, 0.4) is 0 Å². The lowest BCUT2D eigenvalue weighted by molar-refractivity contribution is -0.117. The average Bonchev–Trinajstić information content (AvgIpc) is 3.53. The molecular weight excluding hydrogens is 452 g/mol. The van der Waals surface area contributed by atoms with Crippen molar-refractivity contribution in [2.45, 2.75) is 31.8 Å². The molecule has 3 aromatic rings. The van der Waals surface area contributed by atoms with E-state index in [9.17, 15) is 9.59 Å². The minimum absolute atomic E-state index is 0.0183. The molecule has 5 rings (SSSR count). The van der Waals surface area contributed by atoms with E-state index in [1.165, 1.54) is 12.8 Å². The Labute approximate surface area is 210 Å². The van der Waals surface area contributed by atoms with Crippen molar-refractivity contribution in [2.24, 2.45) is 11.5 Å². The maximum absolute atomic E-state index is 13.6. The second-order valence-electron chi connectivity index (χ2n) is 9.40. The van der Waals surface area contributed by atoms with E-state index < -0.39 is 11.9 Å². The molecule has 36 heavy (non-hydrogen) atoms. The van der Waals surface area contributed by atoms with Gasteiger partial charge in [-0.2, -0.15) is 0 Å². The number of nitrogens with two attached hydrogens (primary N) is 2. The van der Waals surface area contributed by atoms with Crippen molar-refractivity contribution in [1.82, 2.24) is 0 Å². The molecule has 1 fully saturated rings. The lowest BCUT2D eigenvalue weighted by atomic mass is 10.1. The monoisotopic (exact) mass is 482 g/mol. The summed E-state index contributed by atoms with van der Waals surface area (Å²) in [5.74, 6) is -0.592. The molecule has 2 aliphatic heterocycles. The molecule has 0 bridgehead atoms. The number of anilines is 3. The molecule has 8 heteroatoms. The van der Waals surface area contributed by atoms with Gasteiger partial charge >= 0.3 is 0 Å². The molecule has 8 nitrogen and oxygen atoms in total. The van der Waals surface area contributed by atoms with Gasteiger partial charge in [0.25, 0.3) is 0 Å². The van der Waals surface area contributed by atoms with Gasteiger partial charge in [0.15, 0.2) is 0 Å². The van der Waals surface area contributed by atoms with Gasteiger partial charge in [-0.3, -0.25) is 15.0 Å². The summed E-state index contributed by atoms with van der Waals surface area (Å²) in [7, 11) is 0. The fraction of sp³-hybridized carbons (Fsp3) is 0.250. The molecule has 0 aromatic heterocycles. The van der Waals surface area contributed by atoms with E-state index >= 15 is 0 Å². The van der Waals surface area contributed by atoms with E-state index in [2.05, 4.69) is 16.3 Å². The number of hydrogen-bond acceptors (Lipinski definition) is 5. The van der Waals surface area contributed by atoms with Crippen LogP contribution >= 0.6 is 0 Å². The molecule has 0 saturated carbocycles. The first-order valence-electron chi connectivity index (χ1n) is 12.2. The molecule has 2 heterocycles. The zero-order chi connectivity index (χ0) is 25.2. The normalized spacial score (nSPS) is 16.6. The zero-order valence-electron chi connectivity index (χ0n) is 20.0. The highest BCUT2D eigenvalue weighted by atomic mass is 16.2. The second kappa shape index (κ2) is 9.73. The van der Waals surface area contributed by atoms with Crippen molar-refractivity contribution in [3.05, 3.63) is 89.0 Å². The molecule has 0 spiro atoms. The van der Waals surface area contributed by atoms with Crippen molar-refractivity contribution in [2.75, 3.05) is 28.2 Å². The van der Waals surface area contributed by atoms with Crippen LogP contribution in [-0.4, -0.2) is 36.8 Å². The number of benzene rings is 3. The van der Waals surface area contributed by atoms with Crippen LogP contribution in [0.1, 0.15) is 39.9 Å². The quantitative estimate of drug-likeness (QED) is 0.304. The summed E-state index contributed by atoms with van der Waals surface area (Å²) < 4.78 is 0. The molecule has 1 unspecified atom stereocenters. The van der Waals surface area contributed by atoms with Crippen LogP contribution in [-0.2, 0) is 17.8 Å². The largest absolute Gasteiger partial charge is 0.384 e. The molecule has 0 radical (unpaired) electrons. The highest BCUT2D eigenvalue weighted by Gasteiger charge is 2.35. The molecule has 1 saturated heterocycles. The summed E-state index contributed by atoms with van der Waals surface area (Å²) in [5, 5.41) is 11.0. The Morgan fingerprint density at radius 3 is 2.36 bits per heavy atom. The third-order valence-corrected chi connectivity index (χ3v) is 6.97. The number of amides is 2. The number of fused-ring (bicyclic) bond motifs is 1. The Kier molecular flexibility index (Phi) is 6.33. The van der Waals surface area contributed by atoms with Gasteiger partial charge < -0.3 is 26.6 Å². The van der Waals surface area contributed by atoms with E-state index in [1.807, 2.05) is 53.4 Å². The summed E-state index contributed by atoms with van der Waals surface area (Å²) >= 11 is 0. The number of carbonyl (C=O) groups excluding carboxylic acids is 2. The Morgan fingerprint density at radius 1 is 0.944 bits per heavy atom. The average molecular weight is 483 g/mol. The molecule has 0 aliphatic carbocycles. The molecule has 184 valence electrons. The lowest BCUT2D eigenvalue weighted by Crippen LogP contribution is -2.41. The first-order valence-corrected chi connectivity index (χ1v) is 12.2. The minimum Gasteiger partial charge on any atom is -0.384 e. The number of rotatable bonds is 7. The maximum Gasteiger partial charge on any atom is 0.248 e. The smallest absolute Gasteiger partial charge is 0.248 e. The fourth-order valence-corrected chi connectivity index (χ4v) is 5.04. The predicted molar refractivity (Wildman–Crippen MR) is 143 cm³/mol.